The minimum atomic E-state index is -0.302. The molecule has 0 spiro atoms. The molecular weight excluding hydrogens is 1320 g/mol. The number of hydrogen-bond acceptors (Lipinski definition) is 14. The number of aromatic nitrogens is 15. The highest BCUT2D eigenvalue weighted by Gasteiger charge is 2.52. The van der Waals surface area contributed by atoms with Crippen molar-refractivity contribution in [1.29, 1.82) is 0 Å². The van der Waals surface area contributed by atoms with Crippen LogP contribution in [0.25, 0.3) is 56.0 Å². The van der Waals surface area contributed by atoms with E-state index in [-0.39, 0.29) is 36.4 Å². The molecule has 25 heteroatoms. The van der Waals surface area contributed by atoms with Crippen LogP contribution in [-0.4, -0.2) is 92.6 Å². The van der Waals surface area contributed by atoms with Crippen LogP contribution in [0.5, 0.6) is 0 Å². The summed E-state index contributed by atoms with van der Waals surface area (Å²) in [6.07, 6.45) is 14.2. The molecule has 4 aliphatic heterocycles. The highest BCUT2D eigenvalue weighted by molar-refractivity contribution is 9.10. The molecule has 5 N–H and O–H groups in total. The Balaban J connectivity index is 0.000000123. The molecule has 0 saturated carbocycles. The summed E-state index contributed by atoms with van der Waals surface area (Å²) < 4.78 is 25.2. The van der Waals surface area contributed by atoms with E-state index < -0.39 is 0 Å². The van der Waals surface area contributed by atoms with E-state index in [1.165, 1.54) is 11.1 Å². The molecule has 0 bridgehead atoms. The van der Waals surface area contributed by atoms with E-state index in [9.17, 15) is 0 Å². The fraction of sp³-hybridized carbons (Fsp3) is 0.318. The summed E-state index contributed by atoms with van der Waals surface area (Å²) in [5.74, 6) is 0. The first-order valence-electron chi connectivity index (χ1n) is 30.0. The van der Waals surface area contributed by atoms with Crippen molar-refractivity contribution in [2.45, 2.75) is 117 Å². The zero-order valence-electron chi connectivity index (χ0n) is 52.5. The van der Waals surface area contributed by atoms with Gasteiger partial charge in [0, 0.05) is 136 Å². The van der Waals surface area contributed by atoms with E-state index in [0.717, 1.165) is 148 Å². The van der Waals surface area contributed by atoms with E-state index in [2.05, 4.69) is 132 Å². The van der Waals surface area contributed by atoms with Crippen LogP contribution in [-0.2, 0) is 50.1 Å². The molecule has 15 rings (SSSR count). The molecule has 91 heavy (non-hydrogen) atoms. The predicted octanol–water partition coefficient (Wildman–Crippen LogP) is 13.2. The zero-order valence-corrected chi connectivity index (χ0v) is 57.2. The third kappa shape index (κ3) is 14.5. The fourth-order valence-electron chi connectivity index (χ4n) is 11.5. The summed E-state index contributed by atoms with van der Waals surface area (Å²) in [6.45, 7) is 16.6. The molecule has 1 fully saturated rings. The van der Waals surface area contributed by atoms with E-state index in [0.29, 0.717) is 0 Å². The molecule has 3 atom stereocenters. The Labute approximate surface area is 557 Å². The van der Waals surface area contributed by atoms with Crippen LogP contribution in [0.1, 0.15) is 98.9 Å². The van der Waals surface area contributed by atoms with Crippen LogP contribution in [0, 0.1) is 20.8 Å². The first kappa shape index (κ1) is 64.9. The lowest BCUT2D eigenvalue weighted by Gasteiger charge is -2.32. The Kier molecular flexibility index (Phi) is 19.5. The van der Waals surface area contributed by atoms with Gasteiger partial charge in [-0.25, -0.2) is 14.0 Å². The molecule has 11 aromatic rings. The maximum atomic E-state index is 6.40. The van der Waals surface area contributed by atoms with Crippen molar-refractivity contribution >= 4 is 73.3 Å². The van der Waals surface area contributed by atoms with Crippen LogP contribution >= 0.6 is 55.1 Å². The average molecular weight is 1390 g/mol. The molecule has 470 valence electrons. The lowest BCUT2D eigenvalue weighted by atomic mass is 9.82. The number of anilines is 1. The minimum Gasteiger partial charge on any atom is -0.399 e. The smallest absolute Gasteiger partial charge is 0.399 e. The molecular formula is C66H73BBr2Cl2N18O2. The van der Waals surface area contributed by atoms with Gasteiger partial charge in [0.15, 0.2) is 0 Å². The monoisotopic (exact) mass is 1390 g/mol. The quantitative estimate of drug-likeness (QED) is 0.136. The van der Waals surface area contributed by atoms with Gasteiger partial charge in [-0.3, -0.25) is 14.0 Å². The van der Waals surface area contributed by atoms with Crippen LogP contribution in [0.3, 0.4) is 0 Å². The number of benzene rings is 5. The van der Waals surface area contributed by atoms with Gasteiger partial charge in [-0.15, -0.1) is 15.3 Å². The highest BCUT2D eigenvalue weighted by atomic mass is 79.9. The number of hydrogen-bond donors (Lipinski definition) is 3. The normalized spacial score (nSPS) is 17.1. The molecule has 20 nitrogen and oxygen atoms in total. The van der Waals surface area contributed by atoms with Gasteiger partial charge in [0.1, 0.15) is 0 Å². The van der Waals surface area contributed by atoms with Crippen molar-refractivity contribution in [2.24, 2.45) is 32.6 Å². The van der Waals surface area contributed by atoms with Crippen LogP contribution < -0.4 is 22.2 Å². The molecule has 0 aliphatic carbocycles. The Morgan fingerprint density at radius 2 is 0.956 bits per heavy atom. The van der Waals surface area contributed by atoms with Crippen molar-refractivity contribution in [2.75, 3.05) is 5.32 Å². The largest absolute Gasteiger partial charge is 0.498 e. The minimum absolute atomic E-state index is 0.00715. The molecule has 1 saturated heterocycles. The predicted molar refractivity (Wildman–Crippen MR) is 366 cm³/mol. The Hall–Kier alpha value is -7.61. The van der Waals surface area contributed by atoms with Crippen molar-refractivity contribution in [3.63, 3.8) is 0 Å². The number of halogens is 4. The van der Waals surface area contributed by atoms with E-state index in [1.54, 1.807) is 10.9 Å². The maximum Gasteiger partial charge on any atom is 0.498 e. The number of fused-ring (bicyclic) bond motifs is 9. The molecule has 6 aromatic heterocycles. The third-order valence-corrected chi connectivity index (χ3v) is 18.4. The fourth-order valence-corrected chi connectivity index (χ4v) is 12.8. The molecule has 5 aromatic carbocycles. The zero-order chi connectivity index (χ0) is 64.5. The number of rotatable bonds is 5. The summed E-state index contributed by atoms with van der Waals surface area (Å²) in [6, 6.07) is 34.8. The lowest BCUT2D eigenvalue weighted by Crippen LogP contribution is -2.41. The Morgan fingerprint density at radius 3 is 1.42 bits per heavy atom. The van der Waals surface area contributed by atoms with Gasteiger partial charge < -0.3 is 26.1 Å². The summed E-state index contributed by atoms with van der Waals surface area (Å²) in [5, 5.41) is 43.3. The van der Waals surface area contributed by atoms with E-state index >= 15 is 0 Å². The first-order chi connectivity index (χ1) is 43.5. The summed E-state index contributed by atoms with van der Waals surface area (Å²) in [7, 11) is 5.44. The molecule has 10 heterocycles. The second-order valence-electron chi connectivity index (χ2n) is 24.1. The lowest BCUT2D eigenvalue weighted by molar-refractivity contribution is 0.00578. The molecule has 0 amide bonds. The van der Waals surface area contributed by atoms with Gasteiger partial charge in [0.05, 0.1) is 63.8 Å². The van der Waals surface area contributed by atoms with E-state index in [4.69, 9.17) is 44.0 Å². The van der Waals surface area contributed by atoms with E-state index in [1.807, 2.05) is 179 Å². The summed E-state index contributed by atoms with van der Waals surface area (Å²) >= 11 is 18.6. The van der Waals surface area contributed by atoms with Crippen molar-refractivity contribution < 1.29 is 9.31 Å². The molecule has 0 radical (unpaired) electrons. The van der Waals surface area contributed by atoms with Crippen molar-refractivity contribution in [1.82, 2.24) is 74.3 Å². The van der Waals surface area contributed by atoms with Crippen LogP contribution in [0.15, 0.2) is 149 Å². The number of nitrogens with one attached hydrogen (secondary N) is 1. The van der Waals surface area contributed by atoms with Gasteiger partial charge in [0.25, 0.3) is 0 Å². The average Bonchev–Trinajstić information content (AvgIpc) is 1.76. The Morgan fingerprint density at radius 1 is 0.516 bits per heavy atom. The van der Waals surface area contributed by atoms with Gasteiger partial charge in [0.2, 0.25) is 0 Å². The van der Waals surface area contributed by atoms with Crippen molar-refractivity contribution in [3.05, 3.63) is 193 Å². The molecule has 4 aliphatic rings. The number of nitrogens with zero attached hydrogens (tertiary/aromatic N) is 15. The van der Waals surface area contributed by atoms with Crippen LogP contribution in [0.4, 0.5) is 5.69 Å². The topological polar surface area (TPSA) is 228 Å². The van der Waals surface area contributed by atoms with Gasteiger partial charge in [-0.05, 0) is 156 Å². The number of nitrogens with two attached hydrogens (primary N) is 2. The maximum absolute atomic E-state index is 6.40. The van der Waals surface area contributed by atoms with Gasteiger partial charge in [-0.2, -0.15) is 15.3 Å². The Bertz CT molecular complexity index is 4340. The van der Waals surface area contributed by atoms with Crippen molar-refractivity contribution in [3.8, 4) is 56.0 Å². The van der Waals surface area contributed by atoms with Crippen LogP contribution in [0.2, 0.25) is 10.0 Å². The highest BCUT2D eigenvalue weighted by Crippen LogP contribution is 2.42. The third-order valence-electron chi connectivity index (χ3n) is 17.0. The standard InChI is InChI=1S/C22H21ClN6.C16H18N6.C12H13BrN4.C10H17BN2O2.C6H4BrCl/c1-14-22-19-7-6-15(16-12-24-28(2)13-16)10-20(19)21(8-9-29(22)27-26-14)25-18-5-3-4-17(23)11-18;1-10-16-13-4-3-11(12-8-18-21(2)9-12)7-14(13)15(17)5-6-22(16)20-19-10;1-7-12-9-3-2-8(13)6-10(9)11(14)4-5-17(12)16-15-7;1-9(2)10(3,4)15-11(14-9)8-6-12-13(5)7-8;7-5-2-1-3-6(8)4-5/h3-7,10-13,21,25H,8-9H2,1-2H3;3-4,7-9,15H,5-6,17H2,1-2H3;2-3,6,11H,4-5,14H2,1H3;6-7H,1-5H3;1-4H/t21-;15-;11-;;/m111../s1. The second-order valence-corrected chi connectivity index (χ2v) is 26.8. The molecule has 0 unspecified atom stereocenters. The first-order valence-corrected chi connectivity index (χ1v) is 32.4. The summed E-state index contributed by atoms with van der Waals surface area (Å²) in [5.41, 5.74) is 31.7. The van der Waals surface area contributed by atoms with Gasteiger partial charge >= 0.3 is 7.12 Å². The SMILES string of the molecule is Cc1nnn2c1-c1ccc(-c3cnn(C)c3)cc1[C@H](N)CC2.Cc1nnn2c1-c1ccc(-c3cnn(C)c3)cc1[C@H](Nc1cccc(Cl)c1)CC2.Cc1nnn2c1-c1ccc(Br)cc1[C@H](N)CC2.Clc1cccc(Br)c1.Cn1cc(B2OC(C)(C)C(C)(C)O2)cn1. The second kappa shape index (κ2) is 27.3. The summed E-state index contributed by atoms with van der Waals surface area (Å²) in [4.78, 5) is 0. The number of aryl methyl sites for hydroxylation is 9. The van der Waals surface area contributed by atoms with Gasteiger partial charge in [-0.1, -0.05) is 113 Å².